The van der Waals surface area contributed by atoms with Gasteiger partial charge in [0.25, 0.3) is 0 Å². The summed E-state index contributed by atoms with van der Waals surface area (Å²) in [5.41, 5.74) is 2.09. The Kier molecular flexibility index (Phi) is 7.30. The number of ether oxygens (including phenoxy) is 2. The van der Waals surface area contributed by atoms with Gasteiger partial charge in [0.15, 0.2) is 0 Å². The monoisotopic (exact) mass is 487 g/mol. The third-order valence-corrected chi connectivity index (χ3v) is 7.68. The van der Waals surface area contributed by atoms with E-state index in [4.69, 9.17) is 9.47 Å². The molecule has 3 heterocycles. The number of carbonyl (C=O) groups is 1. The van der Waals surface area contributed by atoms with E-state index in [0.717, 1.165) is 32.1 Å². The lowest BCUT2D eigenvalue weighted by Crippen LogP contribution is -2.24. The van der Waals surface area contributed by atoms with Crippen LogP contribution in [-0.4, -0.2) is 45.5 Å². The molecule has 1 unspecified atom stereocenters. The fourth-order valence-electron chi connectivity index (χ4n) is 3.05. The van der Waals surface area contributed by atoms with Crippen molar-refractivity contribution in [3.05, 3.63) is 41.0 Å². The smallest absolute Gasteiger partial charge is 0.239 e. The van der Waals surface area contributed by atoms with Crippen LogP contribution in [0.25, 0.3) is 21.3 Å². The Labute approximate surface area is 197 Å². The Morgan fingerprint density at radius 1 is 1.19 bits per heavy atom. The zero-order valence-corrected chi connectivity index (χ0v) is 20.1. The zero-order chi connectivity index (χ0) is 22.5. The van der Waals surface area contributed by atoms with Gasteiger partial charge in [0.05, 0.1) is 17.7 Å². The van der Waals surface area contributed by atoms with Gasteiger partial charge in [-0.15, -0.1) is 21.5 Å². The standard InChI is InChI=1S/C21H21N5O3S3/c1-4-15(18(27)24-21-26-25-16(32-21)9-28-2)31-20-17-14(10-30-19(17)22-11-23-20)12-5-7-13(29-3)8-6-12/h5-8,10-11,15H,4,9H2,1-3H3,(H,24,26,27). The van der Waals surface area contributed by atoms with Crippen molar-refractivity contribution in [3.8, 4) is 16.9 Å². The number of anilines is 1. The Morgan fingerprint density at radius 2 is 2.00 bits per heavy atom. The maximum Gasteiger partial charge on any atom is 0.239 e. The van der Waals surface area contributed by atoms with Crippen molar-refractivity contribution in [2.45, 2.75) is 30.2 Å². The summed E-state index contributed by atoms with van der Waals surface area (Å²) in [7, 11) is 3.24. The summed E-state index contributed by atoms with van der Waals surface area (Å²) in [5, 5.41) is 15.5. The number of nitrogens with zero attached hydrogens (tertiary/aromatic N) is 4. The summed E-state index contributed by atoms with van der Waals surface area (Å²) in [4.78, 5) is 22.8. The second kappa shape index (κ2) is 10.3. The first-order valence-electron chi connectivity index (χ1n) is 9.78. The molecule has 4 aromatic rings. The number of carbonyl (C=O) groups excluding carboxylic acids is 1. The number of rotatable bonds is 9. The molecular formula is C21H21N5O3S3. The molecule has 1 atom stereocenters. The van der Waals surface area contributed by atoms with Crippen LogP contribution in [0.2, 0.25) is 0 Å². The number of amides is 1. The van der Waals surface area contributed by atoms with E-state index in [1.807, 2.05) is 31.2 Å². The van der Waals surface area contributed by atoms with Gasteiger partial charge in [0.1, 0.15) is 33.5 Å². The fourth-order valence-corrected chi connectivity index (χ4v) is 5.78. The van der Waals surface area contributed by atoms with Crippen molar-refractivity contribution in [1.82, 2.24) is 20.2 Å². The van der Waals surface area contributed by atoms with Gasteiger partial charge in [0, 0.05) is 18.1 Å². The average molecular weight is 488 g/mol. The van der Waals surface area contributed by atoms with Crippen molar-refractivity contribution in [1.29, 1.82) is 0 Å². The number of thioether (sulfide) groups is 1. The van der Waals surface area contributed by atoms with Crippen LogP contribution in [0.5, 0.6) is 5.75 Å². The highest BCUT2D eigenvalue weighted by molar-refractivity contribution is 8.00. The maximum atomic E-state index is 12.9. The number of hydrogen-bond donors (Lipinski definition) is 1. The van der Waals surface area contributed by atoms with E-state index in [-0.39, 0.29) is 11.2 Å². The number of thiophene rings is 1. The average Bonchev–Trinajstić information content (AvgIpc) is 3.45. The highest BCUT2D eigenvalue weighted by atomic mass is 32.2. The van der Waals surface area contributed by atoms with Crippen LogP contribution in [0.1, 0.15) is 18.4 Å². The van der Waals surface area contributed by atoms with E-state index in [0.29, 0.717) is 23.2 Å². The molecule has 1 amide bonds. The van der Waals surface area contributed by atoms with E-state index >= 15 is 0 Å². The lowest BCUT2D eigenvalue weighted by Gasteiger charge is -2.14. The van der Waals surface area contributed by atoms with Crippen LogP contribution in [0.3, 0.4) is 0 Å². The number of benzene rings is 1. The molecule has 4 rings (SSSR count). The Bertz CT molecular complexity index is 1210. The van der Waals surface area contributed by atoms with Crippen molar-refractivity contribution < 1.29 is 14.3 Å². The van der Waals surface area contributed by atoms with Crippen LogP contribution in [0.4, 0.5) is 5.13 Å². The summed E-state index contributed by atoms with van der Waals surface area (Å²) in [6.45, 7) is 2.34. The van der Waals surface area contributed by atoms with Gasteiger partial charge in [-0.2, -0.15) is 0 Å². The van der Waals surface area contributed by atoms with Gasteiger partial charge in [-0.3, -0.25) is 10.1 Å². The quantitative estimate of drug-likeness (QED) is 0.264. The zero-order valence-electron chi connectivity index (χ0n) is 17.7. The second-order valence-electron chi connectivity index (χ2n) is 6.67. The van der Waals surface area contributed by atoms with E-state index in [2.05, 4.69) is 30.9 Å². The molecule has 0 aliphatic heterocycles. The van der Waals surface area contributed by atoms with Gasteiger partial charge in [-0.25, -0.2) is 9.97 Å². The molecule has 11 heteroatoms. The molecule has 0 aliphatic rings. The number of nitrogens with one attached hydrogen (secondary N) is 1. The number of methoxy groups -OCH3 is 2. The summed E-state index contributed by atoms with van der Waals surface area (Å²) >= 11 is 4.30. The lowest BCUT2D eigenvalue weighted by atomic mass is 10.1. The molecule has 0 aliphatic carbocycles. The van der Waals surface area contributed by atoms with E-state index < -0.39 is 0 Å². The number of aromatic nitrogens is 4. The second-order valence-corrected chi connectivity index (χ2v) is 9.79. The number of fused-ring (bicyclic) bond motifs is 1. The van der Waals surface area contributed by atoms with Gasteiger partial charge in [-0.1, -0.05) is 42.2 Å². The van der Waals surface area contributed by atoms with E-state index in [1.165, 1.54) is 23.1 Å². The molecule has 0 radical (unpaired) electrons. The van der Waals surface area contributed by atoms with Crippen LogP contribution in [0, 0.1) is 0 Å². The Balaban J connectivity index is 1.59. The molecule has 0 saturated carbocycles. The minimum absolute atomic E-state index is 0.134. The summed E-state index contributed by atoms with van der Waals surface area (Å²) in [5.74, 6) is 0.665. The lowest BCUT2D eigenvalue weighted by molar-refractivity contribution is -0.115. The SMILES string of the molecule is CCC(Sc1ncnc2scc(-c3ccc(OC)cc3)c12)C(=O)Nc1nnc(COC)s1. The first-order chi connectivity index (χ1) is 15.6. The molecule has 1 aromatic carbocycles. The highest BCUT2D eigenvalue weighted by Crippen LogP contribution is 2.40. The van der Waals surface area contributed by atoms with Gasteiger partial charge >= 0.3 is 0 Å². The minimum Gasteiger partial charge on any atom is -0.497 e. The van der Waals surface area contributed by atoms with Crippen LogP contribution in [0.15, 0.2) is 41.0 Å². The highest BCUT2D eigenvalue weighted by Gasteiger charge is 2.23. The first-order valence-corrected chi connectivity index (χ1v) is 12.4. The molecule has 32 heavy (non-hydrogen) atoms. The molecule has 3 aromatic heterocycles. The van der Waals surface area contributed by atoms with Crippen LogP contribution < -0.4 is 10.1 Å². The predicted octanol–water partition coefficient (Wildman–Crippen LogP) is 4.87. The minimum atomic E-state index is -0.341. The van der Waals surface area contributed by atoms with E-state index in [1.54, 1.807) is 31.9 Å². The van der Waals surface area contributed by atoms with Crippen LogP contribution in [-0.2, 0) is 16.1 Å². The molecule has 0 spiro atoms. The Hall–Kier alpha value is -2.60. The van der Waals surface area contributed by atoms with Gasteiger partial charge in [-0.05, 0) is 24.1 Å². The third-order valence-electron chi connectivity index (χ3n) is 4.62. The fraction of sp³-hybridized carbons (Fsp3) is 0.286. The topological polar surface area (TPSA) is 99.1 Å². The predicted molar refractivity (Wildman–Crippen MR) is 129 cm³/mol. The normalized spacial score (nSPS) is 12.1. The van der Waals surface area contributed by atoms with Crippen molar-refractivity contribution in [2.75, 3.05) is 19.5 Å². The molecule has 0 fully saturated rings. The van der Waals surface area contributed by atoms with Gasteiger partial charge < -0.3 is 9.47 Å². The van der Waals surface area contributed by atoms with Crippen LogP contribution >= 0.6 is 34.4 Å². The first kappa shape index (κ1) is 22.6. The number of hydrogen-bond acceptors (Lipinski definition) is 10. The van der Waals surface area contributed by atoms with E-state index in [9.17, 15) is 4.79 Å². The van der Waals surface area contributed by atoms with Crippen molar-refractivity contribution in [2.24, 2.45) is 0 Å². The van der Waals surface area contributed by atoms with Crippen molar-refractivity contribution in [3.63, 3.8) is 0 Å². The Morgan fingerprint density at radius 3 is 2.72 bits per heavy atom. The summed E-state index contributed by atoms with van der Waals surface area (Å²) < 4.78 is 10.3. The maximum absolute atomic E-state index is 12.9. The molecule has 8 nitrogen and oxygen atoms in total. The molecular weight excluding hydrogens is 466 g/mol. The molecule has 0 bridgehead atoms. The molecule has 1 N–H and O–H groups in total. The summed E-state index contributed by atoms with van der Waals surface area (Å²) in [6, 6.07) is 7.88. The van der Waals surface area contributed by atoms with Gasteiger partial charge in [0.2, 0.25) is 11.0 Å². The third kappa shape index (κ3) is 4.90. The van der Waals surface area contributed by atoms with Crippen molar-refractivity contribution >= 4 is 55.7 Å². The molecule has 0 saturated heterocycles. The summed E-state index contributed by atoms with van der Waals surface area (Å²) in [6.07, 6.45) is 2.18. The largest absolute Gasteiger partial charge is 0.497 e. The molecule has 166 valence electrons.